The second kappa shape index (κ2) is 15.3. The Kier molecular flexibility index (Phi) is 12.9. The fraction of sp³-hybridized carbons (Fsp3) is 0.542. The smallest absolute Gasteiger partial charge is 0.312 e. The number of urea groups is 1. The largest absolute Gasteiger partial charge is 0.461 e. The number of benzene rings is 1. The van der Waals surface area contributed by atoms with Gasteiger partial charge in [-0.25, -0.2) is 4.79 Å². The maximum atomic E-state index is 13.0. The molecule has 11 nitrogen and oxygen atoms in total. The Bertz CT molecular complexity index is 872. The summed E-state index contributed by atoms with van der Waals surface area (Å²) in [5, 5.41) is 10.6. The van der Waals surface area contributed by atoms with E-state index in [1.54, 1.807) is 52.0 Å². The molecular formula is C24H37N5O6. The summed E-state index contributed by atoms with van der Waals surface area (Å²) in [5.74, 6) is -1.69. The number of carbonyl (C=O) groups is 5. The van der Waals surface area contributed by atoms with Crippen molar-refractivity contribution in [3.8, 4) is 0 Å². The maximum absolute atomic E-state index is 13.0. The molecule has 1 aromatic rings. The van der Waals surface area contributed by atoms with Crippen LogP contribution < -0.4 is 27.0 Å². The highest BCUT2D eigenvalue weighted by Crippen LogP contribution is 2.13. The number of hydrogen-bond acceptors (Lipinski definition) is 6. The summed E-state index contributed by atoms with van der Waals surface area (Å²) in [4.78, 5) is 60.0. The zero-order chi connectivity index (χ0) is 26.4. The summed E-state index contributed by atoms with van der Waals surface area (Å²) in [6.45, 7) is 7.36. The number of ether oxygens (including phenoxy) is 1. The van der Waals surface area contributed by atoms with Gasteiger partial charge in [0.25, 0.3) is 0 Å². The van der Waals surface area contributed by atoms with Crippen LogP contribution in [0.5, 0.6) is 0 Å². The number of nitrogens with two attached hydrogens (primary N) is 1. The van der Waals surface area contributed by atoms with E-state index >= 15 is 0 Å². The number of amides is 5. The first-order chi connectivity index (χ1) is 16.6. The molecular weight excluding hydrogens is 454 g/mol. The quantitative estimate of drug-likeness (QED) is 0.195. The first-order valence-corrected chi connectivity index (χ1v) is 11.8. The zero-order valence-corrected chi connectivity index (χ0v) is 20.8. The lowest BCUT2D eigenvalue weighted by Crippen LogP contribution is -2.54. The van der Waals surface area contributed by atoms with Gasteiger partial charge in [-0.1, -0.05) is 39.8 Å². The first-order valence-electron chi connectivity index (χ1n) is 11.8. The topological polar surface area (TPSA) is 169 Å². The standard InChI is InChI=1S/C24H37N5O6/c1-5-19(30)29-21(15(3)4)23(33)28-18(8-7-13-26-24(25)34)22(32)27-17-11-9-16(10-12-17)14-35-20(31)6-2/h9-12,15,18,21H,5-8,13-14H2,1-4H3,(H,27,32)(H,28,33)(H,29,30)(H3,25,26,34)/t18-,21-/m0/s1. The molecule has 6 N–H and O–H groups in total. The molecule has 0 bridgehead atoms. The normalized spacial score (nSPS) is 12.3. The van der Waals surface area contributed by atoms with Crippen molar-refractivity contribution in [2.75, 3.05) is 11.9 Å². The molecule has 0 unspecified atom stereocenters. The van der Waals surface area contributed by atoms with Gasteiger partial charge < -0.3 is 31.7 Å². The van der Waals surface area contributed by atoms with Crippen LogP contribution in [0, 0.1) is 5.92 Å². The highest BCUT2D eigenvalue weighted by atomic mass is 16.5. The summed E-state index contributed by atoms with van der Waals surface area (Å²) in [6.07, 6.45) is 1.13. The summed E-state index contributed by atoms with van der Waals surface area (Å²) >= 11 is 0. The lowest BCUT2D eigenvalue weighted by molar-refractivity contribution is -0.144. The summed E-state index contributed by atoms with van der Waals surface area (Å²) < 4.78 is 5.09. The van der Waals surface area contributed by atoms with Gasteiger partial charge in [0.2, 0.25) is 17.7 Å². The minimum Gasteiger partial charge on any atom is -0.461 e. The summed E-state index contributed by atoms with van der Waals surface area (Å²) in [6, 6.07) is 4.38. The van der Waals surface area contributed by atoms with Crippen molar-refractivity contribution in [3.63, 3.8) is 0 Å². The van der Waals surface area contributed by atoms with E-state index in [1.807, 2.05) is 0 Å². The van der Waals surface area contributed by atoms with E-state index in [9.17, 15) is 24.0 Å². The predicted molar refractivity (Wildman–Crippen MR) is 131 cm³/mol. The minimum absolute atomic E-state index is 0.131. The molecule has 11 heteroatoms. The van der Waals surface area contributed by atoms with E-state index in [0.29, 0.717) is 12.1 Å². The van der Waals surface area contributed by atoms with E-state index in [2.05, 4.69) is 21.3 Å². The van der Waals surface area contributed by atoms with E-state index in [4.69, 9.17) is 10.5 Å². The van der Waals surface area contributed by atoms with Gasteiger partial charge in [-0.15, -0.1) is 0 Å². The average Bonchev–Trinajstić information content (AvgIpc) is 2.82. The minimum atomic E-state index is -0.915. The third-order valence-electron chi connectivity index (χ3n) is 5.10. The Hall–Kier alpha value is -3.63. The van der Waals surface area contributed by atoms with Gasteiger partial charge in [0.1, 0.15) is 18.7 Å². The lowest BCUT2D eigenvalue weighted by Gasteiger charge is -2.25. The van der Waals surface area contributed by atoms with Gasteiger partial charge in [0, 0.05) is 25.1 Å². The van der Waals surface area contributed by atoms with Gasteiger partial charge in [0.15, 0.2) is 0 Å². The van der Waals surface area contributed by atoms with Crippen LogP contribution in [0.3, 0.4) is 0 Å². The number of rotatable bonds is 14. The van der Waals surface area contributed by atoms with Gasteiger partial charge in [0.05, 0.1) is 0 Å². The first kappa shape index (κ1) is 29.4. The second-order valence-corrected chi connectivity index (χ2v) is 8.34. The number of hydrogen-bond donors (Lipinski definition) is 5. The molecule has 35 heavy (non-hydrogen) atoms. The zero-order valence-electron chi connectivity index (χ0n) is 20.8. The molecule has 0 aliphatic heterocycles. The van der Waals surface area contributed by atoms with Gasteiger partial charge in [-0.05, 0) is 36.5 Å². The second-order valence-electron chi connectivity index (χ2n) is 8.34. The molecule has 0 radical (unpaired) electrons. The predicted octanol–water partition coefficient (Wildman–Crippen LogP) is 1.56. The van der Waals surface area contributed by atoms with Crippen LogP contribution in [0.1, 0.15) is 58.9 Å². The van der Waals surface area contributed by atoms with Crippen molar-refractivity contribution in [1.29, 1.82) is 0 Å². The van der Waals surface area contributed by atoms with Crippen LogP contribution in [0.25, 0.3) is 0 Å². The Morgan fingerprint density at radius 2 is 1.60 bits per heavy atom. The van der Waals surface area contributed by atoms with Gasteiger partial charge in [-0.3, -0.25) is 19.2 Å². The molecule has 0 aromatic heterocycles. The van der Waals surface area contributed by atoms with Crippen LogP contribution >= 0.6 is 0 Å². The number of primary amides is 1. The van der Waals surface area contributed by atoms with Crippen molar-refractivity contribution >= 4 is 35.4 Å². The number of esters is 1. The molecule has 0 heterocycles. The SMILES string of the molecule is CCC(=O)N[C@H](C(=O)N[C@@H](CCCNC(N)=O)C(=O)Nc1ccc(COC(=O)CC)cc1)C(C)C. The van der Waals surface area contributed by atoms with Crippen LogP contribution in [0.4, 0.5) is 10.5 Å². The molecule has 0 spiro atoms. The van der Waals surface area contributed by atoms with Crippen LogP contribution in [-0.4, -0.2) is 48.4 Å². The molecule has 1 rings (SSSR count). The Morgan fingerprint density at radius 1 is 0.943 bits per heavy atom. The van der Waals surface area contributed by atoms with E-state index < -0.39 is 29.9 Å². The highest BCUT2D eigenvalue weighted by molar-refractivity contribution is 5.98. The molecule has 1 aromatic carbocycles. The lowest BCUT2D eigenvalue weighted by atomic mass is 10.0. The maximum Gasteiger partial charge on any atom is 0.312 e. The van der Waals surface area contributed by atoms with Crippen molar-refractivity contribution in [2.24, 2.45) is 11.7 Å². The molecule has 0 saturated heterocycles. The van der Waals surface area contributed by atoms with E-state index in [1.165, 1.54) is 0 Å². The summed E-state index contributed by atoms with van der Waals surface area (Å²) in [5.41, 5.74) is 6.33. The summed E-state index contributed by atoms with van der Waals surface area (Å²) in [7, 11) is 0. The van der Waals surface area contributed by atoms with E-state index in [-0.39, 0.29) is 50.2 Å². The fourth-order valence-electron chi connectivity index (χ4n) is 3.04. The molecule has 0 aliphatic rings. The third kappa shape index (κ3) is 11.4. The Balaban J connectivity index is 2.88. The highest BCUT2D eigenvalue weighted by Gasteiger charge is 2.28. The molecule has 194 valence electrons. The fourth-order valence-corrected chi connectivity index (χ4v) is 3.04. The van der Waals surface area contributed by atoms with Crippen LogP contribution in [0.2, 0.25) is 0 Å². The van der Waals surface area contributed by atoms with Crippen molar-refractivity contribution in [2.45, 2.75) is 72.1 Å². The average molecular weight is 492 g/mol. The van der Waals surface area contributed by atoms with Crippen molar-refractivity contribution < 1.29 is 28.7 Å². The van der Waals surface area contributed by atoms with Gasteiger partial charge in [-0.2, -0.15) is 0 Å². The van der Waals surface area contributed by atoms with Crippen LogP contribution in [-0.2, 0) is 30.5 Å². The number of anilines is 1. The molecule has 0 fully saturated rings. The Morgan fingerprint density at radius 3 is 2.14 bits per heavy atom. The number of carbonyl (C=O) groups excluding carboxylic acids is 5. The van der Waals surface area contributed by atoms with Crippen molar-refractivity contribution in [3.05, 3.63) is 29.8 Å². The third-order valence-corrected chi connectivity index (χ3v) is 5.10. The van der Waals surface area contributed by atoms with Crippen molar-refractivity contribution in [1.82, 2.24) is 16.0 Å². The molecule has 2 atom stereocenters. The van der Waals surface area contributed by atoms with Gasteiger partial charge >= 0.3 is 12.0 Å². The molecule has 0 aliphatic carbocycles. The van der Waals surface area contributed by atoms with E-state index in [0.717, 1.165) is 5.56 Å². The molecule has 5 amide bonds. The van der Waals surface area contributed by atoms with Crippen LogP contribution in [0.15, 0.2) is 24.3 Å². The monoisotopic (exact) mass is 491 g/mol. The number of nitrogens with one attached hydrogen (secondary N) is 4. The Labute approximate surface area is 205 Å². The molecule has 0 saturated carbocycles.